The SMILES string of the molecule is COc1cc(NC2(CCl)CCC2)nc(C)n1. The van der Waals surface area contributed by atoms with E-state index in [2.05, 4.69) is 15.3 Å². The summed E-state index contributed by atoms with van der Waals surface area (Å²) in [5.41, 5.74) is 0.0212. The molecule has 0 unspecified atom stereocenters. The van der Waals surface area contributed by atoms with Crippen molar-refractivity contribution in [1.29, 1.82) is 0 Å². The van der Waals surface area contributed by atoms with Crippen molar-refractivity contribution in [3.05, 3.63) is 11.9 Å². The summed E-state index contributed by atoms with van der Waals surface area (Å²) in [6.07, 6.45) is 3.42. The normalized spacial score (nSPS) is 17.7. The van der Waals surface area contributed by atoms with Crippen molar-refractivity contribution in [2.75, 3.05) is 18.3 Å². The quantitative estimate of drug-likeness (QED) is 0.823. The lowest BCUT2D eigenvalue weighted by Crippen LogP contribution is -2.47. The van der Waals surface area contributed by atoms with E-state index in [1.54, 1.807) is 13.2 Å². The molecule has 0 atom stereocenters. The number of nitrogens with one attached hydrogen (secondary N) is 1. The van der Waals surface area contributed by atoms with Crippen molar-refractivity contribution >= 4 is 17.4 Å². The van der Waals surface area contributed by atoms with Crippen LogP contribution in [0.4, 0.5) is 5.82 Å². The van der Waals surface area contributed by atoms with Gasteiger partial charge in [0.15, 0.2) is 0 Å². The summed E-state index contributed by atoms with van der Waals surface area (Å²) in [6.45, 7) is 1.85. The fourth-order valence-corrected chi connectivity index (χ4v) is 2.21. The van der Waals surface area contributed by atoms with Crippen LogP contribution in [0.3, 0.4) is 0 Å². The largest absolute Gasteiger partial charge is 0.481 e. The van der Waals surface area contributed by atoms with Crippen LogP contribution in [-0.2, 0) is 0 Å². The van der Waals surface area contributed by atoms with E-state index >= 15 is 0 Å². The minimum Gasteiger partial charge on any atom is -0.481 e. The molecule has 4 nitrogen and oxygen atoms in total. The Morgan fingerprint density at radius 1 is 1.50 bits per heavy atom. The van der Waals surface area contributed by atoms with E-state index in [-0.39, 0.29) is 5.54 Å². The first-order valence-corrected chi connectivity index (χ1v) is 5.95. The Morgan fingerprint density at radius 3 is 2.75 bits per heavy atom. The number of nitrogens with zero attached hydrogens (tertiary/aromatic N) is 2. The molecule has 0 aromatic carbocycles. The van der Waals surface area contributed by atoms with Crippen molar-refractivity contribution in [1.82, 2.24) is 9.97 Å². The summed E-state index contributed by atoms with van der Waals surface area (Å²) >= 11 is 5.99. The molecule has 0 bridgehead atoms. The number of anilines is 1. The molecule has 1 aromatic heterocycles. The van der Waals surface area contributed by atoms with E-state index in [1.807, 2.05) is 6.92 Å². The summed E-state index contributed by atoms with van der Waals surface area (Å²) in [5, 5.41) is 3.39. The molecule has 1 aliphatic rings. The summed E-state index contributed by atoms with van der Waals surface area (Å²) in [5.74, 6) is 2.69. The van der Waals surface area contributed by atoms with Gasteiger partial charge in [0.1, 0.15) is 11.6 Å². The van der Waals surface area contributed by atoms with Crippen LogP contribution in [0.1, 0.15) is 25.1 Å². The Balaban J connectivity index is 2.17. The van der Waals surface area contributed by atoms with Gasteiger partial charge in [0, 0.05) is 11.9 Å². The molecule has 0 amide bonds. The zero-order valence-corrected chi connectivity index (χ0v) is 10.3. The van der Waals surface area contributed by atoms with E-state index in [0.717, 1.165) is 18.7 Å². The lowest BCUT2D eigenvalue weighted by molar-refractivity contribution is 0.309. The first-order valence-electron chi connectivity index (χ1n) is 5.41. The second kappa shape index (κ2) is 4.45. The fraction of sp³-hybridized carbons (Fsp3) is 0.636. The van der Waals surface area contributed by atoms with Gasteiger partial charge >= 0.3 is 0 Å². The average Bonchev–Trinajstić information content (AvgIpc) is 2.22. The monoisotopic (exact) mass is 241 g/mol. The molecule has 1 aliphatic carbocycles. The molecule has 16 heavy (non-hydrogen) atoms. The first-order chi connectivity index (χ1) is 7.67. The third kappa shape index (κ3) is 2.21. The minimum absolute atomic E-state index is 0.0212. The van der Waals surface area contributed by atoms with Crippen LogP contribution in [0.2, 0.25) is 0 Å². The molecule has 2 rings (SSSR count). The van der Waals surface area contributed by atoms with Gasteiger partial charge in [-0.05, 0) is 26.2 Å². The summed E-state index contributed by atoms with van der Waals surface area (Å²) in [7, 11) is 1.60. The topological polar surface area (TPSA) is 47.0 Å². The van der Waals surface area contributed by atoms with Gasteiger partial charge in [-0.3, -0.25) is 0 Å². The highest BCUT2D eigenvalue weighted by atomic mass is 35.5. The van der Waals surface area contributed by atoms with E-state index in [1.165, 1.54) is 6.42 Å². The number of aromatic nitrogens is 2. The molecule has 1 fully saturated rings. The highest BCUT2D eigenvalue weighted by molar-refractivity contribution is 6.19. The summed E-state index contributed by atoms with van der Waals surface area (Å²) < 4.78 is 5.11. The van der Waals surface area contributed by atoms with Gasteiger partial charge in [-0.1, -0.05) is 0 Å². The van der Waals surface area contributed by atoms with Gasteiger partial charge < -0.3 is 10.1 Å². The Bertz CT molecular complexity index is 374. The Kier molecular flexibility index (Phi) is 3.19. The van der Waals surface area contributed by atoms with Gasteiger partial charge in [-0.2, -0.15) is 4.98 Å². The maximum absolute atomic E-state index is 5.99. The Labute approximate surface area is 100 Å². The summed E-state index contributed by atoms with van der Waals surface area (Å²) in [6, 6.07) is 1.81. The van der Waals surface area contributed by atoms with Gasteiger partial charge in [0.25, 0.3) is 0 Å². The molecule has 5 heteroatoms. The Morgan fingerprint density at radius 2 is 2.25 bits per heavy atom. The predicted octanol–water partition coefficient (Wildman–Crippen LogP) is 2.37. The molecule has 1 saturated carbocycles. The van der Waals surface area contributed by atoms with Crippen LogP contribution in [0.15, 0.2) is 6.07 Å². The van der Waals surface area contributed by atoms with Crippen LogP contribution in [0.25, 0.3) is 0 Å². The Hall–Kier alpha value is -1.03. The second-order valence-electron chi connectivity index (χ2n) is 4.24. The van der Waals surface area contributed by atoms with Crippen LogP contribution < -0.4 is 10.1 Å². The van der Waals surface area contributed by atoms with Crippen molar-refractivity contribution in [3.63, 3.8) is 0 Å². The van der Waals surface area contributed by atoms with Crippen LogP contribution >= 0.6 is 11.6 Å². The molecular weight excluding hydrogens is 226 g/mol. The van der Waals surface area contributed by atoms with Gasteiger partial charge in [0.2, 0.25) is 5.88 Å². The van der Waals surface area contributed by atoms with Crippen LogP contribution in [0.5, 0.6) is 5.88 Å². The number of halogens is 1. The molecule has 0 radical (unpaired) electrons. The highest BCUT2D eigenvalue weighted by Gasteiger charge is 2.36. The number of methoxy groups -OCH3 is 1. The molecule has 0 saturated heterocycles. The smallest absolute Gasteiger partial charge is 0.218 e. The van der Waals surface area contributed by atoms with E-state index < -0.39 is 0 Å². The third-order valence-corrected chi connectivity index (χ3v) is 3.49. The molecule has 0 aliphatic heterocycles. The molecule has 1 aromatic rings. The first kappa shape index (κ1) is 11.5. The van der Waals surface area contributed by atoms with E-state index in [4.69, 9.17) is 16.3 Å². The summed E-state index contributed by atoms with van der Waals surface area (Å²) in [4.78, 5) is 8.48. The van der Waals surface area contributed by atoms with E-state index in [9.17, 15) is 0 Å². The number of hydrogen-bond acceptors (Lipinski definition) is 4. The van der Waals surface area contributed by atoms with Gasteiger partial charge in [-0.25, -0.2) is 4.98 Å². The third-order valence-electron chi connectivity index (χ3n) is 2.98. The van der Waals surface area contributed by atoms with E-state index in [0.29, 0.717) is 17.6 Å². The van der Waals surface area contributed by atoms with Crippen LogP contribution in [0, 0.1) is 6.92 Å². The lowest BCUT2D eigenvalue weighted by Gasteiger charge is -2.41. The number of ether oxygens (including phenoxy) is 1. The van der Waals surface area contributed by atoms with Crippen LogP contribution in [-0.4, -0.2) is 28.5 Å². The highest BCUT2D eigenvalue weighted by Crippen LogP contribution is 2.36. The maximum Gasteiger partial charge on any atom is 0.218 e. The van der Waals surface area contributed by atoms with Gasteiger partial charge in [-0.15, -0.1) is 11.6 Å². The maximum atomic E-state index is 5.99. The molecule has 1 heterocycles. The fourth-order valence-electron chi connectivity index (χ4n) is 1.88. The molecule has 1 N–H and O–H groups in total. The lowest BCUT2D eigenvalue weighted by atomic mass is 9.78. The standard InChI is InChI=1S/C11H16ClN3O/c1-8-13-9(6-10(14-8)16-2)15-11(7-12)4-3-5-11/h6H,3-5,7H2,1-2H3,(H,13,14,15). The molecule has 0 spiro atoms. The van der Waals surface area contributed by atoms with Crippen molar-refractivity contribution < 1.29 is 4.74 Å². The molecule has 88 valence electrons. The minimum atomic E-state index is 0.0212. The van der Waals surface area contributed by atoms with Crippen molar-refractivity contribution in [3.8, 4) is 5.88 Å². The zero-order valence-electron chi connectivity index (χ0n) is 9.59. The number of aryl methyl sites for hydroxylation is 1. The van der Waals surface area contributed by atoms with Gasteiger partial charge in [0.05, 0.1) is 12.6 Å². The number of rotatable bonds is 4. The average molecular weight is 242 g/mol. The zero-order chi connectivity index (χ0) is 11.6. The molecular formula is C11H16ClN3O. The number of alkyl halides is 1. The van der Waals surface area contributed by atoms with Crippen molar-refractivity contribution in [2.24, 2.45) is 0 Å². The van der Waals surface area contributed by atoms with Crippen molar-refractivity contribution in [2.45, 2.75) is 31.7 Å². The number of hydrogen-bond donors (Lipinski definition) is 1. The second-order valence-corrected chi connectivity index (χ2v) is 4.50. The predicted molar refractivity (Wildman–Crippen MR) is 64.2 cm³/mol.